The highest BCUT2D eigenvalue weighted by Gasteiger charge is 2.01. The molecule has 2 aromatic rings. The lowest BCUT2D eigenvalue weighted by atomic mass is 10.3. The number of nitrogens with zero attached hydrogens (tertiary/aromatic N) is 1. The summed E-state index contributed by atoms with van der Waals surface area (Å²) < 4.78 is 2.59. The maximum Gasteiger partial charge on any atom is 0.274 e. The minimum absolute atomic E-state index is 0.0150. The van der Waals surface area contributed by atoms with E-state index in [1.165, 1.54) is 0 Å². The first-order valence-electron chi connectivity index (χ1n) is 3.62. The first-order valence-corrected chi connectivity index (χ1v) is 4.20. The predicted octanol–water partition coefficient (Wildman–Crippen LogP) is -0.340. The third-order valence-corrected chi connectivity index (χ3v) is 2.43. The van der Waals surface area contributed by atoms with Crippen LogP contribution in [0.3, 0.4) is 0 Å². The van der Waals surface area contributed by atoms with E-state index in [9.17, 15) is 4.79 Å². The zero-order chi connectivity index (χ0) is 8.72. The van der Waals surface area contributed by atoms with E-state index in [1.54, 1.807) is 17.8 Å². The van der Waals surface area contributed by atoms with Gasteiger partial charge in [-0.25, -0.2) is 0 Å². The molecular formula is C8H7AlN2O. The van der Waals surface area contributed by atoms with Crippen molar-refractivity contribution < 1.29 is 0 Å². The molecule has 4 heteroatoms. The quantitative estimate of drug-likeness (QED) is 0.545. The Morgan fingerprint density at radius 2 is 2.33 bits per heavy atom. The molecule has 0 aromatic carbocycles. The Balaban J connectivity index is 3.03. The number of nitrogens with one attached hydrogen (secondary N) is 1. The third-order valence-electron chi connectivity index (χ3n) is 1.95. The highest BCUT2D eigenvalue weighted by Crippen LogP contribution is 2.01. The number of aromatic nitrogens is 2. The number of aromatic amines is 1. The Morgan fingerprint density at radius 3 is 3.08 bits per heavy atom. The lowest BCUT2D eigenvalue weighted by Crippen LogP contribution is -2.16. The van der Waals surface area contributed by atoms with Crippen molar-refractivity contribution in [1.82, 2.24) is 9.55 Å². The van der Waals surface area contributed by atoms with Crippen LogP contribution < -0.4 is 9.98 Å². The average Bonchev–Trinajstić information content (AvgIpc) is 2.41. The van der Waals surface area contributed by atoms with Crippen molar-refractivity contribution in [2.75, 3.05) is 0 Å². The van der Waals surface area contributed by atoms with Crippen LogP contribution in [0.25, 0.3) is 10.9 Å². The van der Waals surface area contributed by atoms with Gasteiger partial charge < -0.3 is 9.55 Å². The van der Waals surface area contributed by atoms with E-state index < -0.39 is 0 Å². The SMILES string of the molecule is Cn1ccc2[c]([Al])c[nH]c2c1=O. The van der Waals surface area contributed by atoms with Crippen LogP contribution in [0, 0.1) is 0 Å². The number of fused-ring (bicyclic) bond motifs is 1. The van der Waals surface area contributed by atoms with Crippen LogP contribution in [0.4, 0.5) is 0 Å². The van der Waals surface area contributed by atoms with Crippen LogP contribution >= 0.6 is 0 Å². The van der Waals surface area contributed by atoms with E-state index in [0.717, 1.165) is 9.81 Å². The van der Waals surface area contributed by atoms with Gasteiger partial charge in [-0.05, 0) is 17.6 Å². The largest absolute Gasteiger partial charge is 0.358 e. The molecule has 0 aliphatic rings. The normalized spacial score (nSPS) is 10.8. The van der Waals surface area contributed by atoms with Crippen LogP contribution in [-0.4, -0.2) is 25.8 Å². The molecule has 2 heterocycles. The molecule has 0 unspecified atom stereocenters. The lowest BCUT2D eigenvalue weighted by molar-refractivity contribution is 0.870. The molecule has 58 valence electrons. The van der Waals surface area contributed by atoms with Crippen LogP contribution in [0.5, 0.6) is 0 Å². The Kier molecular flexibility index (Phi) is 1.60. The van der Waals surface area contributed by atoms with Crippen molar-refractivity contribution >= 4 is 31.6 Å². The first kappa shape index (κ1) is 7.66. The van der Waals surface area contributed by atoms with E-state index in [-0.39, 0.29) is 5.56 Å². The molecule has 0 aliphatic heterocycles. The Hall–Kier alpha value is -0.978. The van der Waals surface area contributed by atoms with Gasteiger partial charge in [0.25, 0.3) is 5.56 Å². The molecule has 1 N–H and O–H groups in total. The second kappa shape index (κ2) is 2.51. The van der Waals surface area contributed by atoms with Crippen molar-refractivity contribution in [3.8, 4) is 0 Å². The van der Waals surface area contributed by atoms with Crippen molar-refractivity contribution in [3.63, 3.8) is 0 Å². The van der Waals surface area contributed by atoms with E-state index in [4.69, 9.17) is 0 Å². The molecule has 0 atom stereocenters. The van der Waals surface area contributed by atoms with Gasteiger partial charge in [-0.2, -0.15) is 0 Å². The Morgan fingerprint density at radius 1 is 1.58 bits per heavy atom. The van der Waals surface area contributed by atoms with E-state index in [2.05, 4.69) is 21.3 Å². The van der Waals surface area contributed by atoms with Gasteiger partial charge in [0.1, 0.15) is 5.52 Å². The van der Waals surface area contributed by atoms with Gasteiger partial charge in [-0.15, -0.1) is 4.43 Å². The number of rotatable bonds is 0. The maximum absolute atomic E-state index is 11.5. The van der Waals surface area contributed by atoms with Crippen molar-refractivity contribution in [2.24, 2.45) is 7.05 Å². The summed E-state index contributed by atoms with van der Waals surface area (Å²) >= 11 is 2.59. The Labute approximate surface area is 77.4 Å². The summed E-state index contributed by atoms with van der Waals surface area (Å²) in [4.78, 5) is 14.4. The summed E-state index contributed by atoms with van der Waals surface area (Å²) in [5, 5.41) is 0.975. The summed E-state index contributed by atoms with van der Waals surface area (Å²) in [6.45, 7) is 0. The molecule has 0 saturated carbocycles. The second-order valence-corrected chi connectivity index (χ2v) is 3.39. The van der Waals surface area contributed by atoms with Crippen molar-refractivity contribution in [1.29, 1.82) is 0 Å². The number of hydrogen-bond acceptors (Lipinski definition) is 1. The molecule has 2 aromatic heterocycles. The van der Waals surface area contributed by atoms with Gasteiger partial charge >= 0.3 is 0 Å². The third kappa shape index (κ3) is 0.927. The highest BCUT2D eigenvalue weighted by atomic mass is 27.0. The molecule has 0 saturated heterocycles. The monoisotopic (exact) mass is 174 g/mol. The Bertz CT molecular complexity index is 483. The fourth-order valence-corrected chi connectivity index (χ4v) is 1.56. The van der Waals surface area contributed by atoms with Gasteiger partial charge in [0.05, 0.1) is 0 Å². The molecule has 2 rings (SSSR count). The number of hydrogen-bond donors (Lipinski definition) is 1. The molecule has 3 nitrogen and oxygen atoms in total. The van der Waals surface area contributed by atoms with Crippen molar-refractivity contribution in [2.45, 2.75) is 0 Å². The van der Waals surface area contributed by atoms with Crippen LogP contribution in [-0.2, 0) is 7.05 Å². The molecular weight excluding hydrogens is 167 g/mol. The zero-order valence-corrected chi connectivity index (χ0v) is 7.82. The standard InChI is InChI=1S/C8H7N2O.Al/c1-10-5-3-6-2-4-9-7(6)8(10)11;/h3-5,9H,1H3;. The summed E-state index contributed by atoms with van der Waals surface area (Å²) in [5.41, 5.74) is 0.686. The van der Waals surface area contributed by atoms with E-state index in [1.807, 2.05) is 12.3 Å². The van der Waals surface area contributed by atoms with Crippen LogP contribution in [0.1, 0.15) is 0 Å². The number of pyridine rings is 1. The predicted molar refractivity (Wildman–Crippen MR) is 48.9 cm³/mol. The molecule has 0 aliphatic carbocycles. The molecule has 0 bridgehead atoms. The molecule has 12 heavy (non-hydrogen) atoms. The number of aryl methyl sites for hydroxylation is 1. The summed E-state index contributed by atoms with van der Waals surface area (Å²) in [5.74, 6) is 0. The first-order chi connectivity index (χ1) is 5.70. The van der Waals surface area contributed by atoms with Crippen LogP contribution in [0.2, 0.25) is 0 Å². The summed E-state index contributed by atoms with van der Waals surface area (Å²) in [6, 6.07) is 1.93. The van der Waals surface area contributed by atoms with Gasteiger partial charge in [0.15, 0.2) is 16.3 Å². The minimum Gasteiger partial charge on any atom is -0.358 e. The highest BCUT2D eigenvalue weighted by molar-refractivity contribution is 6.38. The van der Waals surface area contributed by atoms with Crippen LogP contribution in [0.15, 0.2) is 23.3 Å². The van der Waals surface area contributed by atoms with Gasteiger partial charge in [-0.3, -0.25) is 4.79 Å². The average molecular weight is 174 g/mol. The molecule has 0 spiro atoms. The fourth-order valence-electron chi connectivity index (χ4n) is 1.24. The summed E-state index contributed by atoms with van der Waals surface area (Å²) in [7, 11) is 1.74. The minimum atomic E-state index is 0.0150. The zero-order valence-electron chi connectivity index (χ0n) is 6.66. The maximum atomic E-state index is 11.5. The molecule has 0 fully saturated rings. The van der Waals surface area contributed by atoms with E-state index in [0.29, 0.717) is 5.52 Å². The van der Waals surface area contributed by atoms with Gasteiger partial charge in [-0.1, -0.05) is 0 Å². The topological polar surface area (TPSA) is 37.8 Å². The summed E-state index contributed by atoms with van der Waals surface area (Å²) in [6.07, 6.45) is 3.59. The van der Waals surface area contributed by atoms with Gasteiger partial charge in [0.2, 0.25) is 0 Å². The molecule has 2 radical (unpaired) electrons. The lowest BCUT2D eigenvalue weighted by Gasteiger charge is -1.96. The number of H-pyrrole nitrogens is 1. The molecule has 0 amide bonds. The second-order valence-electron chi connectivity index (χ2n) is 2.76. The van der Waals surface area contributed by atoms with Crippen molar-refractivity contribution in [3.05, 3.63) is 28.8 Å². The fraction of sp³-hybridized carbons (Fsp3) is 0.125. The van der Waals surface area contributed by atoms with Gasteiger partial charge in [0, 0.05) is 13.2 Å². The van der Waals surface area contributed by atoms with E-state index >= 15 is 0 Å². The smallest absolute Gasteiger partial charge is 0.274 e.